The van der Waals surface area contributed by atoms with Crippen LogP contribution in [-0.4, -0.2) is 7.11 Å². The Morgan fingerprint density at radius 1 is 1.15 bits per heavy atom. The molecule has 5 heteroatoms. The molecule has 20 heavy (non-hydrogen) atoms. The van der Waals surface area contributed by atoms with E-state index in [1.54, 1.807) is 19.2 Å². The molecule has 0 fully saturated rings. The molecule has 0 radical (unpaired) electrons. The highest BCUT2D eigenvalue weighted by Crippen LogP contribution is 2.28. The molecule has 0 aromatic heterocycles. The molecule has 0 atom stereocenters. The maximum absolute atomic E-state index is 13.0. The Labute approximate surface area is 130 Å². The van der Waals surface area contributed by atoms with Crippen LogP contribution in [0.5, 0.6) is 11.5 Å². The van der Waals surface area contributed by atoms with Crippen LogP contribution in [0.15, 0.2) is 40.9 Å². The van der Waals surface area contributed by atoms with E-state index in [0.29, 0.717) is 28.5 Å². The standard InChI is InChI=1S/C15H13BrClFO2/c1-19-13-5-3-10(8-17)15(7-13)20-9-11-2-4-12(18)6-14(11)16/h2-7H,8-9H2,1H3. The van der Waals surface area contributed by atoms with Crippen LogP contribution in [-0.2, 0) is 12.5 Å². The summed E-state index contributed by atoms with van der Waals surface area (Å²) in [4.78, 5) is 0. The predicted molar refractivity (Wildman–Crippen MR) is 81.0 cm³/mol. The van der Waals surface area contributed by atoms with E-state index in [1.807, 2.05) is 12.1 Å². The largest absolute Gasteiger partial charge is 0.497 e. The summed E-state index contributed by atoms with van der Waals surface area (Å²) >= 11 is 9.20. The van der Waals surface area contributed by atoms with E-state index in [1.165, 1.54) is 12.1 Å². The Morgan fingerprint density at radius 2 is 1.90 bits per heavy atom. The van der Waals surface area contributed by atoms with Gasteiger partial charge in [-0.05, 0) is 18.2 Å². The van der Waals surface area contributed by atoms with Gasteiger partial charge in [-0.2, -0.15) is 0 Å². The first-order valence-electron chi connectivity index (χ1n) is 5.93. The second-order valence-corrected chi connectivity index (χ2v) is 5.25. The van der Waals surface area contributed by atoms with Crippen molar-refractivity contribution in [1.29, 1.82) is 0 Å². The van der Waals surface area contributed by atoms with E-state index in [0.717, 1.165) is 11.1 Å². The van der Waals surface area contributed by atoms with Gasteiger partial charge in [-0.3, -0.25) is 0 Å². The van der Waals surface area contributed by atoms with Crippen molar-refractivity contribution in [2.45, 2.75) is 12.5 Å². The Hall–Kier alpha value is -1.26. The first-order chi connectivity index (χ1) is 9.63. The van der Waals surface area contributed by atoms with Crippen LogP contribution in [0.1, 0.15) is 11.1 Å². The fraction of sp³-hybridized carbons (Fsp3) is 0.200. The topological polar surface area (TPSA) is 18.5 Å². The number of methoxy groups -OCH3 is 1. The third-order valence-electron chi connectivity index (χ3n) is 2.82. The van der Waals surface area contributed by atoms with Crippen molar-refractivity contribution in [3.8, 4) is 11.5 Å². The van der Waals surface area contributed by atoms with Crippen LogP contribution in [0.25, 0.3) is 0 Å². The van der Waals surface area contributed by atoms with Gasteiger partial charge in [0, 0.05) is 21.7 Å². The Balaban J connectivity index is 2.17. The average molecular weight is 360 g/mol. The van der Waals surface area contributed by atoms with Crippen molar-refractivity contribution in [2.75, 3.05) is 7.11 Å². The van der Waals surface area contributed by atoms with Crippen molar-refractivity contribution < 1.29 is 13.9 Å². The summed E-state index contributed by atoms with van der Waals surface area (Å²) in [6.07, 6.45) is 0. The quantitative estimate of drug-likeness (QED) is 0.706. The van der Waals surface area contributed by atoms with Gasteiger partial charge >= 0.3 is 0 Å². The van der Waals surface area contributed by atoms with Gasteiger partial charge in [-0.25, -0.2) is 4.39 Å². The molecule has 0 saturated carbocycles. The molecule has 0 saturated heterocycles. The lowest BCUT2D eigenvalue weighted by molar-refractivity contribution is 0.300. The van der Waals surface area contributed by atoms with Gasteiger partial charge in [0.15, 0.2) is 0 Å². The van der Waals surface area contributed by atoms with Gasteiger partial charge in [-0.15, -0.1) is 11.6 Å². The molecule has 2 nitrogen and oxygen atoms in total. The van der Waals surface area contributed by atoms with E-state index in [4.69, 9.17) is 21.1 Å². The number of halogens is 3. The first kappa shape index (κ1) is 15.1. The van der Waals surface area contributed by atoms with Crippen molar-refractivity contribution >= 4 is 27.5 Å². The van der Waals surface area contributed by atoms with Crippen LogP contribution in [0.4, 0.5) is 4.39 Å². The maximum Gasteiger partial charge on any atom is 0.127 e. The normalized spacial score (nSPS) is 10.4. The molecular weight excluding hydrogens is 347 g/mol. The van der Waals surface area contributed by atoms with E-state index in [9.17, 15) is 4.39 Å². The van der Waals surface area contributed by atoms with E-state index in [2.05, 4.69) is 15.9 Å². The Kier molecular flexibility index (Phi) is 5.26. The SMILES string of the molecule is COc1ccc(CCl)c(OCc2ccc(F)cc2Br)c1. The molecule has 0 unspecified atom stereocenters. The minimum atomic E-state index is -0.288. The summed E-state index contributed by atoms with van der Waals surface area (Å²) in [6.45, 7) is 0.317. The monoisotopic (exact) mass is 358 g/mol. The fourth-order valence-corrected chi connectivity index (χ4v) is 2.39. The van der Waals surface area contributed by atoms with Crippen molar-refractivity contribution in [3.05, 3.63) is 57.8 Å². The lowest BCUT2D eigenvalue weighted by Gasteiger charge is -2.12. The summed E-state index contributed by atoms with van der Waals surface area (Å²) in [5, 5.41) is 0. The molecule has 0 heterocycles. The smallest absolute Gasteiger partial charge is 0.127 e. The highest BCUT2D eigenvalue weighted by Gasteiger charge is 2.07. The number of rotatable bonds is 5. The van der Waals surface area contributed by atoms with Crippen LogP contribution in [0.2, 0.25) is 0 Å². The highest BCUT2D eigenvalue weighted by atomic mass is 79.9. The second kappa shape index (κ2) is 6.95. The minimum Gasteiger partial charge on any atom is -0.497 e. The van der Waals surface area contributed by atoms with Gasteiger partial charge in [-0.1, -0.05) is 28.1 Å². The van der Waals surface area contributed by atoms with Crippen LogP contribution in [0.3, 0.4) is 0 Å². The molecule has 2 aromatic rings. The second-order valence-electron chi connectivity index (χ2n) is 4.13. The van der Waals surface area contributed by atoms with E-state index < -0.39 is 0 Å². The van der Waals surface area contributed by atoms with Gasteiger partial charge in [0.05, 0.1) is 13.0 Å². The van der Waals surface area contributed by atoms with Crippen LogP contribution in [0, 0.1) is 5.82 Å². The molecule has 2 rings (SSSR count). The molecule has 0 amide bonds. The first-order valence-corrected chi connectivity index (χ1v) is 7.26. The number of benzene rings is 2. The molecule has 2 aromatic carbocycles. The molecule has 0 aliphatic heterocycles. The Bertz CT molecular complexity index is 604. The number of hydrogen-bond acceptors (Lipinski definition) is 2. The minimum absolute atomic E-state index is 0.288. The van der Waals surface area contributed by atoms with Gasteiger partial charge in [0.1, 0.15) is 23.9 Å². The van der Waals surface area contributed by atoms with Crippen LogP contribution >= 0.6 is 27.5 Å². The van der Waals surface area contributed by atoms with Crippen molar-refractivity contribution in [3.63, 3.8) is 0 Å². The van der Waals surface area contributed by atoms with E-state index >= 15 is 0 Å². The summed E-state index contributed by atoms with van der Waals surface area (Å²) in [5.41, 5.74) is 1.74. The predicted octanol–water partition coefficient (Wildman–Crippen LogP) is 4.91. The summed E-state index contributed by atoms with van der Waals surface area (Å²) in [6, 6.07) is 9.97. The number of ether oxygens (including phenoxy) is 2. The maximum atomic E-state index is 13.0. The molecule has 0 N–H and O–H groups in total. The molecule has 0 aliphatic rings. The summed E-state index contributed by atoms with van der Waals surface area (Å²) in [7, 11) is 1.59. The summed E-state index contributed by atoms with van der Waals surface area (Å²) < 4.78 is 24.6. The van der Waals surface area contributed by atoms with Gasteiger partial charge in [0.2, 0.25) is 0 Å². The van der Waals surface area contributed by atoms with Gasteiger partial charge in [0.25, 0.3) is 0 Å². The molecule has 106 valence electrons. The molecular formula is C15H13BrClFO2. The molecule has 0 aliphatic carbocycles. The Morgan fingerprint density at radius 3 is 2.55 bits per heavy atom. The lowest BCUT2D eigenvalue weighted by Crippen LogP contribution is -1.99. The molecule has 0 bridgehead atoms. The van der Waals surface area contributed by atoms with Crippen molar-refractivity contribution in [1.82, 2.24) is 0 Å². The zero-order valence-corrected chi connectivity index (χ0v) is 13.2. The lowest BCUT2D eigenvalue weighted by atomic mass is 10.2. The third-order valence-corrected chi connectivity index (χ3v) is 3.84. The number of alkyl halides is 1. The van der Waals surface area contributed by atoms with Crippen molar-refractivity contribution in [2.24, 2.45) is 0 Å². The zero-order valence-electron chi connectivity index (χ0n) is 10.8. The summed E-state index contributed by atoms with van der Waals surface area (Å²) in [5.74, 6) is 1.43. The van der Waals surface area contributed by atoms with Crippen LogP contribution < -0.4 is 9.47 Å². The average Bonchev–Trinajstić information content (AvgIpc) is 2.46. The zero-order chi connectivity index (χ0) is 14.5. The van der Waals surface area contributed by atoms with Gasteiger partial charge < -0.3 is 9.47 Å². The fourth-order valence-electron chi connectivity index (χ4n) is 1.70. The number of hydrogen-bond donors (Lipinski definition) is 0. The van der Waals surface area contributed by atoms with E-state index in [-0.39, 0.29) is 5.82 Å². The highest BCUT2D eigenvalue weighted by molar-refractivity contribution is 9.10. The third kappa shape index (κ3) is 3.64. The molecule has 0 spiro atoms.